The number of aliphatic hydroxyl groups is 2. The van der Waals surface area contributed by atoms with E-state index >= 15 is 0 Å². The van der Waals surface area contributed by atoms with Crippen molar-refractivity contribution >= 4 is 0 Å². The molecule has 5 atom stereocenters. The summed E-state index contributed by atoms with van der Waals surface area (Å²) in [7, 11) is 0. The molecule has 2 rings (SSSR count). The van der Waals surface area contributed by atoms with Crippen LogP contribution in [0, 0.1) is 28.6 Å². The number of allylic oxidation sites excluding steroid dienone is 1. The van der Waals surface area contributed by atoms with Crippen LogP contribution in [0.25, 0.3) is 0 Å². The third-order valence-corrected chi connectivity index (χ3v) is 7.07. The highest BCUT2D eigenvalue weighted by molar-refractivity contribution is 5.16. The summed E-state index contributed by atoms with van der Waals surface area (Å²) >= 11 is 0. The van der Waals surface area contributed by atoms with Crippen LogP contribution in [-0.2, 0) is 0 Å². The van der Waals surface area contributed by atoms with Gasteiger partial charge in [-0.1, -0.05) is 45.8 Å². The van der Waals surface area contributed by atoms with E-state index in [1.54, 1.807) is 0 Å². The summed E-state index contributed by atoms with van der Waals surface area (Å²) in [5.74, 6) is 1.82. The molecular formula is C20H36O2. The fourth-order valence-corrected chi connectivity index (χ4v) is 5.62. The summed E-state index contributed by atoms with van der Waals surface area (Å²) in [6.07, 6.45) is 9.32. The number of fused-ring (bicyclic) bond motifs is 1. The highest BCUT2D eigenvalue weighted by Gasteiger charge is 2.53. The van der Waals surface area contributed by atoms with Crippen molar-refractivity contribution in [3.8, 4) is 0 Å². The predicted molar refractivity (Wildman–Crippen MR) is 92.6 cm³/mol. The first-order valence-corrected chi connectivity index (χ1v) is 9.27. The maximum atomic E-state index is 9.99. The van der Waals surface area contributed by atoms with Crippen molar-refractivity contribution in [3.63, 3.8) is 0 Å². The zero-order chi connectivity index (χ0) is 16.4. The van der Waals surface area contributed by atoms with E-state index in [4.69, 9.17) is 5.11 Å². The number of aliphatic hydroxyl groups excluding tert-OH is 2. The van der Waals surface area contributed by atoms with Crippen molar-refractivity contribution in [3.05, 3.63) is 12.2 Å². The molecule has 0 saturated heterocycles. The molecule has 0 aromatic carbocycles. The molecule has 0 aromatic heterocycles. The molecule has 0 aliphatic heterocycles. The molecule has 22 heavy (non-hydrogen) atoms. The third kappa shape index (κ3) is 3.28. The summed E-state index contributed by atoms with van der Waals surface area (Å²) in [6.45, 7) is 12.1. The zero-order valence-corrected chi connectivity index (χ0v) is 14.9. The third-order valence-electron chi connectivity index (χ3n) is 7.07. The van der Waals surface area contributed by atoms with Crippen LogP contribution >= 0.6 is 0 Å². The van der Waals surface area contributed by atoms with Gasteiger partial charge in [-0.25, -0.2) is 0 Å². The lowest BCUT2D eigenvalue weighted by atomic mass is 9.46. The minimum absolute atomic E-state index is 0.0999. The highest BCUT2D eigenvalue weighted by Crippen LogP contribution is 2.61. The average Bonchev–Trinajstić information content (AvgIpc) is 2.46. The second-order valence-corrected chi connectivity index (χ2v) is 8.67. The molecule has 0 amide bonds. The van der Waals surface area contributed by atoms with E-state index in [0.717, 1.165) is 12.8 Å². The monoisotopic (exact) mass is 308 g/mol. The van der Waals surface area contributed by atoms with Crippen molar-refractivity contribution in [2.75, 3.05) is 13.2 Å². The average molecular weight is 309 g/mol. The first-order chi connectivity index (χ1) is 10.4. The van der Waals surface area contributed by atoms with Gasteiger partial charge in [0, 0.05) is 13.2 Å². The van der Waals surface area contributed by atoms with Crippen LogP contribution in [0.2, 0.25) is 0 Å². The van der Waals surface area contributed by atoms with Gasteiger partial charge in [-0.05, 0) is 67.1 Å². The van der Waals surface area contributed by atoms with E-state index in [1.165, 1.54) is 44.1 Å². The lowest BCUT2D eigenvalue weighted by molar-refractivity contribution is -0.0868. The molecule has 0 heterocycles. The van der Waals surface area contributed by atoms with Gasteiger partial charge in [0.15, 0.2) is 0 Å². The normalized spacial score (nSPS) is 40.3. The van der Waals surface area contributed by atoms with Gasteiger partial charge in [0.2, 0.25) is 0 Å². The van der Waals surface area contributed by atoms with E-state index in [9.17, 15) is 5.11 Å². The van der Waals surface area contributed by atoms with Crippen LogP contribution in [0.1, 0.15) is 72.1 Å². The Kier molecular flexibility index (Phi) is 5.77. The van der Waals surface area contributed by atoms with Gasteiger partial charge in [0.05, 0.1) is 0 Å². The maximum absolute atomic E-state index is 9.99. The molecule has 0 aromatic rings. The second-order valence-electron chi connectivity index (χ2n) is 8.67. The summed E-state index contributed by atoms with van der Waals surface area (Å²) < 4.78 is 0. The Bertz CT molecular complexity index is 391. The molecule has 0 bridgehead atoms. The summed E-state index contributed by atoms with van der Waals surface area (Å²) in [6, 6.07) is 0. The first kappa shape index (κ1) is 18.0. The molecular weight excluding hydrogens is 272 g/mol. The van der Waals surface area contributed by atoms with E-state index in [2.05, 4.69) is 27.4 Å². The van der Waals surface area contributed by atoms with Crippen LogP contribution in [0.3, 0.4) is 0 Å². The second kappa shape index (κ2) is 7.05. The molecule has 2 heteroatoms. The number of hydrogen-bond acceptors (Lipinski definition) is 2. The van der Waals surface area contributed by atoms with Gasteiger partial charge < -0.3 is 10.2 Å². The van der Waals surface area contributed by atoms with Gasteiger partial charge in [-0.2, -0.15) is 0 Å². The topological polar surface area (TPSA) is 40.5 Å². The minimum atomic E-state index is 0.0999. The lowest BCUT2D eigenvalue weighted by Gasteiger charge is -2.58. The number of hydrogen-bond donors (Lipinski definition) is 2. The van der Waals surface area contributed by atoms with Gasteiger partial charge >= 0.3 is 0 Å². The van der Waals surface area contributed by atoms with Crippen LogP contribution < -0.4 is 0 Å². The van der Waals surface area contributed by atoms with E-state index in [-0.39, 0.29) is 5.41 Å². The van der Waals surface area contributed by atoms with Crippen molar-refractivity contribution < 1.29 is 10.2 Å². The van der Waals surface area contributed by atoms with Crippen molar-refractivity contribution in [1.82, 2.24) is 0 Å². The van der Waals surface area contributed by atoms with Crippen LogP contribution in [0.4, 0.5) is 0 Å². The summed E-state index contributed by atoms with van der Waals surface area (Å²) in [5.41, 5.74) is 1.85. The lowest BCUT2D eigenvalue weighted by Crippen LogP contribution is -2.51. The molecule has 2 saturated carbocycles. The Hall–Kier alpha value is -0.340. The smallest absolute Gasteiger partial charge is 0.0487 e. The number of rotatable bonds is 6. The minimum Gasteiger partial charge on any atom is -0.396 e. The summed E-state index contributed by atoms with van der Waals surface area (Å²) in [4.78, 5) is 0. The van der Waals surface area contributed by atoms with Crippen LogP contribution in [0.15, 0.2) is 12.2 Å². The fraction of sp³-hybridized carbons (Fsp3) is 0.900. The largest absolute Gasteiger partial charge is 0.396 e. The first-order valence-electron chi connectivity index (χ1n) is 9.27. The molecule has 2 fully saturated rings. The standard InChI is InChI=1S/C20H36O2/c1-15(10-13-21)6-8-17-16(2)7-9-18-19(3,14-22)11-5-12-20(17,18)4/h15,17-18,21-22H,2,5-14H2,1,3-4H3/t15-,17-,18-,19+,20+/m1/s1. The summed E-state index contributed by atoms with van der Waals surface area (Å²) in [5, 5.41) is 19.1. The fourth-order valence-electron chi connectivity index (χ4n) is 5.62. The Morgan fingerprint density at radius 2 is 1.95 bits per heavy atom. The molecule has 128 valence electrons. The molecule has 2 N–H and O–H groups in total. The zero-order valence-electron chi connectivity index (χ0n) is 14.9. The van der Waals surface area contributed by atoms with Gasteiger partial charge in [-0.15, -0.1) is 0 Å². The van der Waals surface area contributed by atoms with Crippen molar-refractivity contribution in [1.29, 1.82) is 0 Å². The van der Waals surface area contributed by atoms with Crippen LogP contribution in [0.5, 0.6) is 0 Å². The van der Waals surface area contributed by atoms with Gasteiger partial charge in [-0.3, -0.25) is 0 Å². The maximum Gasteiger partial charge on any atom is 0.0487 e. The molecule has 2 nitrogen and oxygen atoms in total. The molecule has 2 aliphatic rings. The predicted octanol–water partition coefficient (Wildman–Crippen LogP) is 4.56. The highest BCUT2D eigenvalue weighted by atomic mass is 16.3. The Morgan fingerprint density at radius 3 is 2.59 bits per heavy atom. The Labute approximate surface area is 137 Å². The van der Waals surface area contributed by atoms with Gasteiger partial charge in [0.25, 0.3) is 0 Å². The van der Waals surface area contributed by atoms with Crippen LogP contribution in [-0.4, -0.2) is 23.4 Å². The van der Waals surface area contributed by atoms with Gasteiger partial charge in [0.1, 0.15) is 0 Å². The van der Waals surface area contributed by atoms with E-state index < -0.39 is 0 Å². The molecule has 0 unspecified atom stereocenters. The van der Waals surface area contributed by atoms with Crippen molar-refractivity contribution in [2.45, 2.75) is 72.1 Å². The Balaban J connectivity index is 2.15. The Morgan fingerprint density at radius 1 is 1.23 bits per heavy atom. The molecule has 0 radical (unpaired) electrons. The SMILES string of the molecule is C=C1CC[C@@H]2[C@](C)(CO)CCC[C@@]2(C)[C@@H]1CC[C@@H](C)CCO. The quantitative estimate of drug-likeness (QED) is 0.706. The van der Waals surface area contributed by atoms with Crippen molar-refractivity contribution in [2.24, 2.45) is 28.6 Å². The van der Waals surface area contributed by atoms with E-state index in [0.29, 0.717) is 36.4 Å². The molecule has 2 aliphatic carbocycles. The van der Waals surface area contributed by atoms with E-state index in [1.807, 2.05) is 0 Å². The molecule has 0 spiro atoms.